The van der Waals surface area contributed by atoms with E-state index in [0.29, 0.717) is 25.4 Å². The van der Waals surface area contributed by atoms with Crippen molar-refractivity contribution in [3.05, 3.63) is 0 Å². The standard InChI is InChI=1S/C14H27N3O2/c1-3-4-6-11(2)9-16-10-13(18)17-8-5-7-12(17)14(15)19/h11-12,16H,3-10H2,1-2H3,(H2,15,19). The summed E-state index contributed by atoms with van der Waals surface area (Å²) in [5, 5.41) is 3.19. The number of carbonyl (C=O) groups is 2. The number of hydrogen-bond acceptors (Lipinski definition) is 3. The molecule has 1 heterocycles. The molecule has 0 aromatic carbocycles. The number of nitrogens with one attached hydrogen (secondary N) is 1. The second-order valence-electron chi connectivity index (χ2n) is 5.53. The van der Waals surface area contributed by atoms with Gasteiger partial charge >= 0.3 is 0 Å². The molecule has 1 fully saturated rings. The molecule has 2 atom stereocenters. The average Bonchev–Trinajstić information content (AvgIpc) is 2.85. The Morgan fingerprint density at radius 2 is 2.21 bits per heavy atom. The summed E-state index contributed by atoms with van der Waals surface area (Å²) < 4.78 is 0. The van der Waals surface area contributed by atoms with Gasteiger partial charge in [-0.15, -0.1) is 0 Å². The molecule has 1 aliphatic heterocycles. The molecule has 1 saturated heterocycles. The first-order valence-corrected chi connectivity index (χ1v) is 7.35. The molecule has 5 nitrogen and oxygen atoms in total. The van der Waals surface area contributed by atoms with Gasteiger partial charge in [-0.1, -0.05) is 26.7 Å². The van der Waals surface area contributed by atoms with Gasteiger partial charge in [0.2, 0.25) is 11.8 Å². The van der Waals surface area contributed by atoms with E-state index in [0.717, 1.165) is 13.0 Å². The number of hydrogen-bond donors (Lipinski definition) is 2. The first-order valence-electron chi connectivity index (χ1n) is 7.35. The predicted molar refractivity (Wildman–Crippen MR) is 75.5 cm³/mol. The summed E-state index contributed by atoms with van der Waals surface area (Å²) in [6, 6.07) is -0.396. The topological polar surface area (TPSA) is 75.4 Å². The molecule has 5 heteroatoms. The minimum absolute atomic E-state index is 0.0102. The third-order valence-electron chi connectivity index (χ3n) is 3.72. The van der Waals surface area contributed by atoms with Crippen molar-refractivity contribution >= 4 is 11.8 Å². The Bertz CT molecular complexity index is 307. The van der Waals surface area contributed by atoms with Crippen molar-refractivity contribution in [1.29, 1.82) is 0 Å². The van der Waals surface area contributed by atoms with Crippen LogP contribution in [0.15, 0.2) is 0 Å². The molecular formula is C14H27N3O2. The number of primary amides is 1. The molecule has 0 aliphatic carbocycles. The van der Waals surface area contributed by atoms with Gasteiger partial charge in [0.25, 0.3) is 0 Å². The maximum Gasteiger partial charge on any atom is 0.240 e. The normalized spacial score (nSPS) is 20.5. The first kappa shape index (κ1) is 16.0. The van der Waals surface area contributed by atoms with Gasteiger partial charge in [0.05, 0.1) is 6.54 Å². The number of amides is 2. The van der Waals surface area contributed by atoms with Crippen LogP contribution in [0, 0.1) is 5.92 Å². The number of nitrogens with two attached hydrogens (primary N) is 1. The molecule has 110 valence electrons. The Hall–Kier alpha value is -1.10. The maximum atomic E-state index is 12.0. The van der Waals surface area contributed by atoms with Gasteiger partial charge in [0.1, 0.15) is 6.04 Å². The molecule has 3 N–H and O–H groups in total. The van der Waals surface area contributed by atoms with Crippen molar-refractivity contribution in [3.8, 4) is 0 Å². The number of nitrogens with zero attached hydrogens (tertiary/aromatic N) is 1. The van der Waals surface area contributed by atoms with Gasteiger partial charge in [0, 0.05) is 6.54 Å². The molecular weight excluding hydrogens is 242 g/mol. The number of rotatable bonds is 8. The second-order valence-corrected chi connectivity index (χ2v) is 5.53. The van der Waals surface area contributed by atoms with Crippen LogP contribution < -0.4 is 11.1 Å². The zero-order valence-corrected chi connectivity index (χ0v) is 12.2. The molecule has 2 amide bonds. The molecule has 0 aromatic heterocycles. The van der Waals surface area contributed by atoms with E-state index < -0.39 is 6.04 Å². The van der Waals surface area contributed by atoms with Gasteiger partial charge in [0.15, 0.2) is 0 Å². The summed E-state index contributed by atoms with van der Waals surface area (Å²) in [5.41, 5.74) is 5.30. The molecule has 0 spiro atoms. The van der Waals surface area contributed by atoms with Crippen LogP contribution in [-0.2, 0) is 9.59 Å². The highest BCUT2D eigenvalue weighted by atomic mass is 16.2. The average molecular weight is 269 g/mol. The van der Waals surface area contributed by atoms with Gasteiger partial charge in [-0.2, -0.15) is 0 Å². The summed E-state index contributed by atoms with van der Waals surface area (Å²) in [4.78, 5) is 24.9. The first-order chi connectivity index (χ1) is 9.06. The Kier molecular flexibility index (Phi) is 6.84. The molecule has 0 aromatic rings. The quantitative estimate of drug-likeness (QED) is 0.687. The fraction of sp³-hybridized carbons (Fsp3) is 0.857. The van der Waals surface area contributed by atoms with Crippen molar-refractivity contribution in [2.45, 2.75) is 52.0 Å². The van der Waals surface area contributed by atoms with Crippen LogP contribution in [-0.4, -0.2) is 42.4 Å². The van der Waals surface area contributed by atoms with E-state index in [-0.39, 0.29) is 11.8 Å². The Balaban J connectivity index is 2.25. The van der Waals surface area contributed by atoms with Crippen molar-refractivity contribution in [2.24, 2.45) is 11.7 Å². The lowest BCUT2D eigenvalue weighted by atomic mass is 10.0. The van der Waals surface area contributed by atoms with E-state index in [1.54, 1.807) is 4.90 Å². The highest BCUT2D eigenvalue weighted by Gasteiger charge is 2.32. The zero-order chi connectivity index (χ0) is 14.3. The Morgan fingerprint density at radius 3 is 2.84 bits per heavy atom. The largest absolute Gasteiger partial charge is 0.368 e. The third-order valence-corrected chi connectivity index (χ3v) is 3.72. The fourth-order valence-electron chi connectivity index (χ4n) is 2.54. The third kappa shape index (κ3) is 5.19. The lowest BCUT2D eigenvalue weighted by Crippen LogP contribution is -2.47. The van der Waals surface area contributed by atoms with E-state index >= 15 is 0 Å². The SMILES string of the molecule is CCCCC(C)CNCC(=O)N1CCCC1C(N)=O. The van der Waals surface area contributed by atoms with Gasteiger partial charge in [-0.05, 0) is 31.7 Å². The summed E-state index contributed by atoms with van der Waals surface area (Å²) in [5.74, 6) is 0.185. The molecule has 1 aliphatic rings. The lowest BCUT2D eigenvalue weighted by molar-refractivity contribution is -0.136. The molecule has 0 bridgehead atoms. The maximum absolute atomic E-state index is 12.0. The molecule has 0 radical (unpaired) electrons. The van der Waals surface area contributed by atoms with Crippen LogP contribution in [0.3, 0.4) is 0 Å². The van der Waals surface area contributed by atoms with E-state index in [9.17, 15) is 9.59 Å². The lowest BCUT2D eigenvalue weighted by Gasteiger charge is -2.22. The Morgan fingerprint density at radius 1 is 1.47 bits per heavy atom. The van der Waals surface area contributed by atoms with E-state index in [1.165, 1.54) is 19.3 Å². The van der Waals surface area contributed by atoms with E-state index in [1.807, 2.05) is 0 Å². The highest BCUT2D eigenvalue weighted by Crippen LogP contribution is 2.16. The van der Waals surface area contributed by atoms with Crippen LogP contribution in [0.1, 0.15) is 46.0 Å². The number of likely N-dealkylation sites (tertiary alicyclic amines) is 1. The minimum Gasteiger partial charge on any atom is -0.368 e. The number of carbonyl (C=O) groups excluding carboxylic acids is 2. The molecule has 2 unspecified atom stereocenters. The van der Waals surface area contributed by atoms with Crippen molar-refractivity contribution < 1.29 is 9.59 Å². The molecule has 19 heavy (non-hydrogen) atoms. The number of unbranched alkanes of at least 4 members (excludes halogenated alkanes) is 1. The molecule has 0 saturated carbocycles. The van der Waals surface area contributed by atoms with Crippen molar-refractivity contribution in [3.63, 3.8) is 0 Å². The van der Waals surface area contributed by atoms with Crippen molar-refractivity contribution in [2.75, 3.05) is 19.6 Å². The van der Waals surface area contributed by atoms with E-state index in [4.69, 9.17) is 5.73 Å². The van der Waals surface area contributed by atoms with Crippen LogP contribution in [0.4, 0.5) is 0 Å². The van der Waals surface area contributed by atoms with Gasteiger partial charge < -0.3 is 16.0 Å². The van der Waals surface area contributed by atoms with Gasteiger partial charge in [-0.3, -0.25) is 9.59 Å². The van der Waals surface area contributed by atoms with Crippen molar-refractivity contribution in [1.82, 2.24) is 10.2 Å². The zero-order valence-electron chi connectivity index (χ0n) is 12.2. The minimum atomic E-state index is -0.396. The Labute approximate surface area is 115 Å². The van der Waals surface area contributed by atoms with Crippen LogP contribution in [0.2, 0.25) is 0 Å². The van der Waals surface area contributed by atoms with Gasteiger partial charge in [-0.25, -0.2) is 0 Å². The fourth-order valence-corrected chi connectivity index (χ4v) is 2.54. The summed E-state index contributed by atoms with van der Waals surface area (Å²) in [7, 11) is 0. The monoisotopic (exact) mass is 269 g/mol. The van der Waals surface area contributed by atoms with Crippen LogP contribution in [0.25, 0.3) is 0 Å². The molecule has 1 rings (SSSR count). The summed E-state index contributed by atoms with van der Waals surface area (Å²) in [6.45, 7) is 6.18. The second kappa shape index (κ2) is 8.15. The summed E-state index contributed by atoms with van der Waals surface area (Å²) >= 11 is 0. The van der Waals surface area contributed by atoms with Crippen LogP contribution >= 0.6 is 0 Å². The predicted octanol–water partition coefficient (Wildman–Crippen LogP) is 0.879. The summed E-state index contributed by atoms with van der Waals surface area (Å²) in [6.07, 6.45) is 5.19. The van der Waals surface area contributed by atoms with E-state index in [2.05, 4.69) is 19.2 Å². The van der Waals surface area contributed by atoms with Crippen LogP contribution in [0.5, 0.6) is 0 Å². The highest BCUT2D eigenvalue weighted by molar-refractivity contribution is 5.88. The smallest absolute Gasteiger partial charge is 0.240 e.